The zero-order chi connectivity index (χ0) is 19.3. The number of rotatable bonds is 3. The third-order valence-electron chi connectivity index (χ3n) is 6.63. The van der Waals surface area contributed by atoms with Crippen LogP contribution >= 0.6 is 0 Å². The second kappa shape index (κ2) is 6.73. The molecule has 144 valence electrons. The first kappa shape index (κ1) is 17.4. The van der Waals surface area contributed by atoms with E-state index in [4.69, 9.17) is 0 Å². The minimum atomic E-state index is -0.231. The van der Waals surface area contributed by atoms with E-state index in [-0.39, 0.29) is 35.8 Å². The van der Waals surface area contributed by atoms with Gasteiger partial charge in [-0.2, -0.15) is 0 Å². The van der Waals surface area contributed by atoms with E-state index in [0.29, 0.717) is 17.9 Å². The second-order valence-corrected chi connectivity index (χ2v) is 8.22. The average Bonchev–Trinajstić information content (AvgIpc) is 3.16. The molecule has 0 radical (unpaired) electrons. The molecule has 2 fully saturated rings. The molecule has 3 aliphatic heterocycles. The van der Waals surface area contributed by atoms with Gasteiger partial charge in [0.1, 0.15) is 5.82 Å². The molecule has 0 saturated carbocycles. The molecular formula is C23H23FN2O2. The van der Waals surface area contributed by atoms with E-state index >= 15 is 0 Å². The predicted octanol–water partition coefficient (Wildman–Crippen LogP) is 3.94. The van der Waals surface area contributed by atoms with E-state index in [0.717, 1.165) is 31.2 Å². The smallest absolute Gasteiger partial charge is 0.252 e. The third kappa shape index (κ3) is 2.89. The van der Waals surface area contributed by atoms with Gasteiger partial charge < -0.3 is 10.2 Å². The van der Waals surface area contributed by atoms with Gasteiger partial charge in [-0.1, -0.05) is 30.3 Å². The van der Waals surface area contributed by atoms with Crippen LogP contribution in [-0.4, -0.2) is 28.8 Å². The number of piperidine rings is 1. The molecule has 0 aliphatic carbocycles. The highest BCUT2D eigenvalue weighted by molar-refractivity contribution is 5.99. The molecule has 2 saturated heterocycles. The first-order valence-corrected chi connectivity index (χ1v) is 10.1. The van der Waals surface area contributed by atoms with E-state index in [2.05, 4.69) is 10.2 Å². The Morgan fingerprint density at radius 3 is 2.43 bits per heavy atom. The Labute approximate surface area is 163 Å². The number of hydrogen-bond donors (Lipinski definition) is 1. The zero-order valence-electron chi connectivity index (χ0n) is 15.6. The topological polar surface area (TPSA) is 49.4 Å². The number of halogens is 1. The molecule has 5 heteroatoms. The molecule has 1 N–H and O–H groups in total. The molecule has 3 heterocycles. The zero-order valence-corrected chi connectivity index (χ0v) is 15.6. The van der Waals surface area contributed by atoms with E-state index in [9.17, 15) is 14.0 Å². The van der Waals surface area contributed by atoms with E-state index in [1.54, 1.807) is 0 Å². The Kier molecular flexibility index (Phi) is 4.18. The van der Waals surface area contributed by atoms with Crippen molar-refractivity contribution in [1.82, 2.24) is 10.2 Å². The van der Waals surface area contributed by atoms with Crippen molar-refractivity contribution >= 4 is 11.8 Å². The number of benzene rings is 2. The first-order chi connectivity index (χ1) is 13.6. The highest BCUT2D eigenvalue weighted by Gasteiger charge is 2.44. The Morgan fingerprint density at radius 1 is 1.04 bits per heavy atom. The fourth-order valence-electron chi connectivity index (χ4n) is 5.35. The molecule has 0 spiro atoms. The maximum atomic E-state index is 13.2. The lowest BCUT2D eigenvalue weighted by Crippen LogP contribution is -2.46. The summed E-state index contributed by atoms with van der Waals surface area (Å²) in [6.45, 7) is 0. The van der Waals surface area contributed by atoms with Gasteiger partial charge in [0.25, 0.3) is 5.91 Å². The standard InChI is InChI=1S/C23H23FN2O2/c24-16-7-5-14(6-8-16)15-11-17-9-10-18(12-15)26(17)22(27)13-21-19-3-1-2-4-20(19)23(28)25-21/h1-8,15,17-18,21H,9-13H2,(H,25,28). The lowest BCUT2D eigenvalue weighted by Gasteiger charge is -2.39. The van der Waals surface area contributed by atoms with E-state index in [1.807, 2.05) is 36.4 Å². The number of fused-ring (bicyclic) bond motifs is 3. The van der Waals surface area contributed by atoms with Crippen molar-refractivity contribution in [3.63, 3.8) is 0 Å². The molecule has 2 bridgehead atoms. The minimum absolute atomic E-state index is 0.0913. The van der Waals surface area contributed by atoms with Crippen LogP contribution in [-0.2, 0) is 4.79 Å². The van der Waals surface area contributed by atoms with Gasteiger partial charge in [-0.05, 0) is 60.9 Å². The maximum absolute atomic E-state index is 13.2. The van der Waals surface area contributed by atoms with Crippen LogP contribution in [0.4, 0.5) is 4.39 Å². The van der Waals surface area contributed by atoms with Crippen molar-refractivity contribution in [1.29, 1.82) is 0 Å². The van der Waals surface area contributed by atoms with Gasteiger partial charge in [-0.25, -0.2) is 4.39 Å². The number of hydrogen-bond acceptors (Lipinski definition) is 2. The number of amides is 2. The predicted molar refractivity (Wildman–Crippen MR) is 103 cm³/mol. The average molecular weight is 378 g/mol. The van der Waals surface area contributed by atoms with Gasteiger partial charge in [0.15, 0.2) is 0 Å². The Bertz CT molecular complexity index is 912. The van der Waals surface area contributed by atoms with Crippen LogP contribution in [0.3, 0.4) is 0 Å². The summed E-state index contributed by atoms with van der Waals surface area (Å²) in [6.07, 6.45) is 4.24. The summed E-state index contributed by atoms with van der Waals surface area (Å²) in [5.74, 6) is 0.214. The molecule has 3 unspecified atom stereocenters. The van der Waals surface area contributed by atoms with Gasteiger partial charge in [0.2, 0.25) is 5.91 Å². The van der Waals surface area contributed by atoms with Crippen molar-refractivity contribution in [2.45, 2.75) is 56.1 Å². The summed E-state index contributed by atoms with van der Waals surface area (Å²) < 4.78 is 13.2. The van der Waals surface area contributed by atoms with Crippen molar-refractivity contribution < 1.29 is 14.0 Å². The minimum Gasteiger partial charge on any atom is -0.345 e. The summed E-state index contributed by atoms with van der Waals surface area (Å²) >= 11 is 0. The monoisotopic (exact) mass is 378 g/mol. The van der Waals surface area contributed by atoms with Crippen LogP contribution in [0.5, 0.6) is 0 Å². The Hall–Kier alpha value is -2.69. The highest BCUT2D eigenvalue weighted by atomic mass is 19.1. The van der Waals surface area contributed by atoms with E-state index in [1.165, 1.54) is 17.7 Å². The Balaban J connectivity index is 1.30. The van der Waals surface area contributed by atoms with Crippen LogP contribution in [0.25, 0.3) is 0 Å². The van der Waals surface area contributed by atoms with Gasteiger partial charge in [-0.15, -0.1) is 0 Å². The Morgan fingerprint density at radius 2 is 1.71 bits per heavy atom. The fraction of sp³-hybridized carbons (Fsp3) is 0.391. The summed E-state index contributed by atoms with van der Waals surface area (Å²) in [6, 6.07) is 14.6. The number of carbonyl (C=O) groups excluding carboxylic acids is 2. The number of nitrogens with one attached hydrogen (secondary N) is 1. The van der Waals surface area contributed by atoms with Crippen molar-refractivity contribution in [3.8, 4) is 0 Å². The summed E-state index contributed by atoms with van der Waals surface area (Å²) in [5.41, 5.74) is 2.77. The quantitative estimate of drug-likeness (QED) is 0.880. The van der Waals surface area contributed by atoms with Gasteiger partial charge in [0, 0.05) is 17.6 Å². The largest absolute Gasteiger partial charge is 0.345 e. The normalized spacial score (nSPS) is 28.2. The maximum Gasteiger partial charge on any atom is 0.252 e. The molecule has 3 atom stereocenters. The second-order valence-electron chi connectivity index (χ2n) is 8.22. The highest BCUT2D eigenvalue weighted by Crippen LogP contribution is 2.44. The van der Waals surface area contributed by atoms with Gasteiger partial charge in [-0.3, -0.25) is 9.59 Å². The van der Waals surface area contributed by atoms with Crippen LogP contribution in [0.15, 0.2) is 48.5 Å². The molecule has 2 aromatic carbocycles. The first-order valence-electron chi connectivity index (χ1n) is 10.1. The van der Waals surface area contributed by atoms with Crippen LogP contribution in [0, 0.1) is 5.82 Å². The molecule has 2 amide bonds. The van der Waals surface area contributed by atoms with Crippen molar-refractivity contribution in [3.05, 3.63) is 71.0 Å². The lowest BCUT2D eigenvalue weighted by molar-refractivity contribution is -0.136. The molecular weight excluding hydrogens is 355 g/mol. The molecule has 5 rings (SSSR count). The SMILES string of the molecule is O=C1NC(CC(=O)N2C3CCC2CC(c2ccc(F)cc2)C3)c2ccccc21. The summed E-state index contributed by atoms with van der Waals surface area (Å²) in [4.78, 5) is 27.4. The molecule has 3 aliphatic rings. The number of carbonyl (C=O) groups is 2. The molecule has 0 aromatic heterocycles. The fourth-order valence-corrected chi connectivity index (χ4v) is 5.35. The van der Waals surface area contributed by atoms with Crippen molar-refractivity contribution in [2.24, 2.45) is 0 Å². The molecule has 4 nitrogen and oxygen atoms in total. The van der Waals surface area contributed by atoms with Gasteiger partial charge >= 0.3 is 0 Å². The number of nitrogens with zero attached hydrogens (tertiary/aromatic N) is 1. The lowest BCUT2D eigenvalue weighted by atomic mass is 9.84. The van der Waals surface area contributed by atoms with Crippen LogP contribution in [0.2, 0.25) is 0 Å². The summed E-state index contributed by atoms with van der Waals surface area (Å²) in [7, 11) is 0. The van der Waals surface area contributed by atoms with Crippen LogP contribution < -0.4 is 5.32 Å². The van der Waals surface area contributed by atoms with Gasteiger partial charge in [0.05, 0.1) is 12.5 Å². The molecule has 2 aromatic rings. The summed E-state index contributed by atoms with van der Waals surface area (Å²) in [5, 5.41) is 2.96. The third-order valence-corrected chi connectivity index (χ3v) is 6.63. The van der Waals surface area contributed by atoms with Crippen LogP contribution in [0.1, 0.15) is 65.5 Å². The van der Waals surface area contributed by atoms with Crippen molar-refractivity contribution in [2.75, 3.05) is 0 Å². The van der Waals surface area contributed by atoms with E-state index < -0.39 is 0 Å². The molecule has 28 heavy (non-hydrogen) atoms.